The summed E-state index contributed by atoms with van der Waals surface area (Å²) in [6, 6.07) is 8.47. The predicted molar refractivity (Wildman–Crippen MR) is 75.1 cm³/mol. The van der Waals surface area contributed by atoms with E-state index in [9.17, 15) is 19.2 Å². The lowest BCUT2D eigenvalue weighted by Crippen LogP contribution is -2.42. The minimum absolute atomic E-state index is 0.215. The van der Waals surface area contributed by atoms with Gasteiger partial charge in [-0.25, -0.2) is 0 Å². The molecule has 7 heteroatoms. The molecule has 0 fully saturated rings. The van der Waals surface area contributed by atoms with Crippen LogP contribution in [-0.2, 0) is 14.4 Å². The Bertz CT molecular complexity index is 504. The second-order valence-electron chi connectivity index (χ2n) is 3.71. The molecule has 0 bridgehead atoms. The number of hydrogen-bond donors (Lipinski definition) is 1. The summed E-state index contributed by atoms with van der Waals surface area (Å²) in [5, 5.41) is -0.273. The Labute approximate surface area is 120 Å². The zero-order chi connectivity index (χ0) is 15.0. The Balaban J connectivity index is 2.59. The maximum atomic E-state index is 11.8. The van der Waals surface area contributed by atoms with Gasteiger partial charge in [0.1, 0.15) is 6.29 Å². The zero-order valence-corrected chi connectivity index (χ0v) is 11.5. The molecule has 2 N–H and O–H groups in total. The van der Waals surface area contributed by atoms with Crippen LogP contribution in [0.15, 0.2) is 30.3 Å². The highest BCUT2D eigenvalue weighted by Gasteiger charge is 2.20. The molecule has 2 amide bonds. The van der Waals surface area contributed by atoms with Gasteiger partial charge < -0.3 is 10.5 Å². The number of benzene rings is 1. The maximum absolute atomic E-state index is 11.8. The normalized spacial score (nSPS) is 9.85. The molecule has 0 unspecified atom stereocenters. The molecule has 0 saturated carbocycles. The third kappa shape index (κ3) is 4.60. The molecule has 1 aromatic rings. The largest absolute Gasteiger partial charge is 0.322 e. The number of hydrogen-bond acceptors (Lipinski definition) is 6. The molecule has 0 atom stereocenters. The predicted octanol–water partition coefficient (Wildman–Crippen LogP) is 0.0728. The van der Waals surface area contributed by atoms with Crippen LogP contribution < -0.4 is 5.73 Å². The first-order valence-corrected chi connectivity index (χ1v) is 6.77. The number of nitrogens with two attached hydrogens (primary N) is 1. The van der Waals surface area contributed by atoms with E-state index in [-0.39, 0.29) is 24.0 Å². The fourth-order valence-corrected chi connectivity index (χ4v) is 2.10. The van der Waals surface area contributed by atoms with Crippen LogP contribution in [0.3, 0.4) is 0 Å². The molecule has 0 aliphatic carbocycles. The molecule has 20 heavy (non-hydrogen) atoms. The van der Waals surface area contributed by atoms with Crippen LogP contribution >= 0.6 is 11.8 Å². The fraction of sp³-hybridized carbons (Fsp3) is 0.231. The van der Waals surface area contributed by atoms with E-state index in [0.717, 1.165) is 16.7 Å². The highest BCUT2D eigenvalue weighted by atomic mass is 32.2. The van der Waals surface area contributed by atoms with Crippen molar-refractivity contribution in [1.29, 1.82) is 0 Å². The monoisotopic (exact) mass is 294 g/mol. The first-order valence-electron chi connectivity index (χ1n) is 5.79. The first-order chi connectivity index (χ1) is 9.60. The van der Waals surface area contributed by atoms with Crippen molar-refractivity contribution >= 4 is 35.0 Å². The summed E-state index contributed by atoms with van der Waals surface area (Å²) in [6.45, 7) is -0.716. The van der Waals surface area contributed by atoms with E-state index in [1.165, 1.54) is 0 Å². The molecule has 6 nitrogen and oxygen atoms in total. The minimum Gasteiger partial charge on any atom is -0.322 e. The van der Waals surface area contributed by atoms with Gasteiger partial charge in [-0.3, -0.25) is 19.3 Å². The Morgan fingerprint density at radius 2 is 1.80 bits per heavy atom. The number of aldehydes is 1. The number of imide groups is 1. The number of carbonyl (C=O) groups excluding carboxylic acids is 4. The Morgan fingerprint density at radius 3 is 2.35 bits per heavy atom. The number of amides is 2. The second-order valence-corrected chi connectivity index (χ2v) is 4.66. The summed E-state index contributed by atoms with van der Waals surface area (Å²) in [6.07, 6.45) is 0.440. The van der Waals surface area contributed by atoms with Crippen molar-refractivity contribution in [3.63, 3.8) is 0 Å². The van der Waals surface area contributed by atoms with Crippen molar-refractivity contribution < 1.29 is 19.2 Å². The van der Waals surface area contributed by atoms with Crippen molar-refractivity contribution in [3.05, 3.63) is 35.9 Å². The Kier molecular flexibility index (Phi) is 6.61. The highest BCUT2D eigenvalue weighted by Crippen LogP contribution is 2.12. The quantitative estimate of drug-likeness (QED) is 0.746. The molecule has 1 aromatic carbocycles. The van der Waals surface area contributed by atoms with E-state index in [1.54, 1.807) is 30.3 Å². The van der Waals surface area contributed by atoms with Crippen molar-refractivity contribution in [2.75, 3.05) is 18.8 Å². The van der Waals surface area contributed by atoms with Gasteiger partial charge in [-0.15, -0.1) is 0 Å². The van der Waals surface area contributed by atoms with E-state index in [2.05, 4.69) is 0 Å². The molecular weight excluding hydrogens is 280 g/mol. The summed E-state index contributed by atoms with van der Waals surface area (Å²) in [7, 11) is 0. The molecule has 0 spiro atoms. The SMILES string of the molecule is NCC(=O)N(CC=O)C(=O)CSC(=O)c1ccccc1. The summed E-state index contributed by atoms with van der Waals surface area (Å²) < 4.78 is 0. The van der Waals surface area contributed by atoms with Gasteiger partial charge in [-0.1, -0.05) is 42.1 Å². The summed E-state index contributed by atoms with van der Waals surface area (Å²) in [5.41, 5.74) is 5.62. The highest BCUT2D eigenvalue weighted by molar-refractivity contribution is 8.14. The molecular formula is C13H14N2O4S. The smallest absolute Gasteiger partial charge is 0.243 e. The van der Waals surface area contributed by atoms with Crippen LogP contribution in [0.1, 0.15) is 10.4 Å². The molecule has 0 heterocycles. The average molecular weight is 294 g/mol. The summed E-state index contributed by atoms with van der Waals surface area (Å²) >= 11 is 0.781. The van der Waals surface area contributed by atoms with Crippen molar-refractivity contribution in [3.8, 4) is 0 Å². The van der Waals surface area contributed by atoms with E-state index in [1.807, 2.05) is 0 Å². The molecule has 0 aliphatic heterocycles. The zero-order valence-electron chi connectivity index (χ0n) is 10.7. The minimum atomic E-state index is -0.644. The number of nitrogens with zero attached hydrogens (tertiary/aromatic N) is 1. The van der Waals surface area contributed by atoms with E-state index in [4.69, 9.17) is 5.73 Å². The fourth-order valence-electron chi connectivity index (χ4n) is 1.39. The van der Waals surface area contributed by atoms with Crippen LogP contribution in [-0.4, -0.2) is 47.0 Å². The molecule has 0 aromatic heterocycles. The topological polar surface area (TPSA) is 97.5 Å². The number of thioether (sulfide) groups is 1. The summed E-state index contributed by atoms with van der Waals surface area (Å²) in [4.78, 5) is 46.1. The average Bonchev–Trinajstić information content (AvgIpc) is 2.50. The third-order valence-corrected chi connectivity index (χ3v) is 3.26. The lowest BCUT2D eigenvalue weighted by atomic mass is 10.2. The second kappa shape index (κ2) is 8.23. The standard InChI is InChI=1S/C13H14N2O4S/c14-8-11(17)15(6-7-16)12(18)9-20-13(19)10-4-2-1-3-5-10/h1-5,7H,6,8-9,14H2. The summed E-state index contributed by atoms with van der Waals surface area (Å²) in [5.74, 6) is -1.47. The van der Waals surface area contributed by atoms with Crippen molar-refractivity contribution in [1.82, 2.24) is 4.90 Å². The van der Waals surface area contributed by atoms with Gasteiger partial charge in [-0.05, 0) is 0 Å². The number of rotatable bonds is 6. The Hall–Kier alpha value is -1.99. The van der Waals surface area contributed by atoms with Gasteiger partial charge in [0.2, 0.25) is 16.9 Å². The molecule has 0 aliphatic rings. The lowest BCUT2D eigenvalue weighted by molar-refractivity contribution is -0.143. The van der Waals surface area contributed by atoms with Crippen LogP contribution in [0.4, 0.5) is 0 Å². The van der Waals surface area contributed by atoms with Gasteiger partial charge in [0, 0.05) is 5.56 Å². The first kappa shape index (κ1) is 16.1. The lowest BCUT2D eigenvalue weighted by Gasteiger charge is -2.16. The van der Waals surface area contributed by atoms with Gasteiger partial charge in [0.05, 0.1) is 18.8 Å². The third-order valence-electron chi connectivity index (χ3n) is 2.37. The number of carbonyl (C=O) groups is 4. The van der Waals surface area contributed by atoms with Gasteiger partial charge >= 0.3 is 0 Å². The molecule has 106 valence electrons. The van der Waals surface area contributed by atoms with Crippen LogP contribution in [0.5, 0.6) is 0 Å². The molecule has 0 radical (unpaired) electrons. The van der Waals surface area contributed by atoms with Crippen molar-refractivity contribution in [2.24, 2.45) is 5.73 Å². The van der Waals surface area contributed by atoms with Crippen molar-refractivity contribution in [2.45, 2.75) is 0 Å². The van der Waals surface area contributed by atoms with E-state index >= 15 is 0 Å². The molecule has 0 saturated heterocycles. The van der Waals surface area contributed by atoms with Crippen LogP contribution in [0.25, 0.3) is 0 Å². The van der Waals surface area contributed by atoms with Gasteiger partial charge in [-0.2, -0.15) is 0 Å². The van der Waals surface area contributed by atoms with Crippen LogP contribution in [0.2, 0.25) is 0 Å². The van der Waals surface area contributed by atoms with Crippen LogP contribution in [0, 0.1) is 0 Å². The van der Waals surface area contributed by atoms with E-state index < -0.39 is 11.8 Å². The van der Waals surface area contributed by atoms with Gasteiger partial charge in [0.25, 0.3) is 0 Å². The van der Waals surface area contributed by atoms with Gasteiger partial charge in [0.15, 0.2) is 0 Å². The Morgan fingerprint density at radius 1 is 1.15 bits per heavy atom. The maximum Gasteiger partial charge on any atom is 0.243 e. The molecule has 1 rings (SSSR count). The van der Waals surface area contributed by atoms with E-state index in [0.29, 0.717) is 11.8 Å².